The largest absolute Gasteiger partial charge is 0.459 e. The highest BCUT2D eigenvalue weighted by Crippen LogP contribution is 2.15. The molecule has 1 amide bonds. The normalized spacial score (nSPS) is 10.8. The van der Waals surface area contributed by atoms with Crippen molar-refractivity contribution in [3.63, 3.8) is 0 Å². The van der Waals surface area contributed by atoms with Crippen LogP contribution in [0.3, 0.4) is 0 Å². The molecule has 0 aliphatic rings. The molecule has 0 aliphatic heterocycles. The van der Waals surface area contributed by atoms with Crippen LogP contribution in [0.5, 0.6) is 0 Å². The van der Waals surface area contributed by atoms with Gasteiger partial charge in [-0.15, -0.1) is 0 Å². The summed E-state index contributed by atoms with van der Waals surface area (Å²) in [5.41, 5.74) is 2.99. The summed E-state index contributed by atoms with van der Waals surface area (Å²) in [7, 11) is 0. The molecule has 134 valence electrons. The Morgan fingerprint density at radius 3 is 2.52 bits per heavy atom. The van der Waals surface area contributed by atoms with Gasteiger partial charge < -0.3 is 9.32 Å². The van der Waals surface area contributed by atoms with E-state index in [1.807, 2.05) is 54.6 Å². The van der Waals surface area contributed by atoms with Crippen LogP contribution in [0.4, 0.5) is 0 Å². The zero-order valence-corrected chi connectivity index (χ0v) is 14.9. The molecule has 4 aromatic rings. The first kappa shape index (κ1) is 17.0. The lowest BCUT2D eigenvalue weighted by Crippen LogP contribution is -2.32. The van der Waals surface area contributed by atoms with Gasteiger partial charge in [-0.2, -0.15) is 0 Å². The van der Waals surface area contributed by atoms with Crippen molar-refractivity contribution in [2.75, 3.05) is 6.54 Å². The lowest BCUT2D eigenvalue weighted by molar-refractivity contribution is 0.0711. The van der Waals surface area contributed by atoms with Crippen LogP contribution in [0.1, 0.15) is 21.8 Å². The van der Waals surface area contributed by atoms with Crippen molar-refractivity contribution in [1.29, 1.82) is 0 Å². The summed E-state index contributed by atoms with van der Waals surface area (Å²) in [6, 6.07) is 25.6. The van der Waals surface area contributed by atoms with Crippen molar-refractivity contribution in [3.05, 3.63) is 102 Å². The van der Waals surface area contributed by atoms with Crippen LogP contribution in [0, 0.1) is 0 Å². The van der Waals surface area contributed by atoms with Gasteiger partial charge in [0.05, 0.1) is 24.0 Å². The van der Waals surface area contributed by atoms with Gasteiger partial charge in [0.25, 0.3) is 5.91 Å². The van der Waals surface area contributed by atoms with E-state index in [1.165, 1.54) is 11.8 Å². The highest BCUT2D eigenvalue weighted by molar-refractivity contribution is 5.91. The number of amides is 1. The molecule has 0 unspecified atom stereocenters. The summed E-state index contributed by atoms with van der Waals surface area (Å²) in [6.45, 7) is 1.04. The highest BCUT2D eigenvalue weighted by atomic mass is 16.3. The van der Waals surface area contributed by atoms with Crippen LogP contribution in [0.25, 0.3) is 10.9 Å². The molecule has 2 heterocycles. The van der Waals surface area contributed by atoms with E-state index >= 15 is 0 Å². The van der Waals surface area contributed by atoms with Crippen LogP contribution in [-0.2, 0) is 13.0 Å². The first-order valence-corrected chi connectivity index (χ1v) is 9.01. The number of fused-ring (bicyclic) bond motifs is 1. The number of para-hydroxylation sites is 1. The molecule has 2 aromatic carbocycles. The molecule has 0 atom stereocenters. The molecule has 27 heavy (non-hydrogen) atoms. The minimum atomic E-state index is -0.120. The number of carbonyl (C=O) groups is 1. The monoisotopic (exact) mass is 356 g/mol. The van der Waals surface area contributed by atoms with E-state index in [1.54, 1.807) is 17.0 Å². The maximum absolute atomic E-state index is 12.9. The number of carbonyl (C=O) groups excluding carboxylic acids is 1. The predicted molar refractivity (Wildman–Crippen MR) is 105 cm³/mol. The van der Waals surface area contributed by atoms with Gasteiger partial charge in [-0.05, 0) is 36.2 Å². The molecule has 0 aliphatic carbocycles. The van der Waals surface area contributed by atoms with Crippen molar-refractivity contribution in [1.82, 2.24) is 9.88 Å². The second-order valence-corrected chi connectivity index (χ2v) is 6.43. The van der Waals surface area contributed by atoms with Gasteiger partial charge in [-0.1, -0.05) is 54.6 Å². The lowest BCUT2D eigenvalue weighted by atomic mass is 10.1. The Hall–Kier alpha value is -3.40. The van der Waals surface area contributed by atoms with Crippen molar-refractivity contribution in [2.45, 2.75) is 13.0 Å². The molecule has 0 spiro atoms. The molecule has 0 saturated carbocycles. The average Bonchev–Trinajstić information content (AvgIpc) is 3.26. The van der Waals surface area contributed by atoms with Crippen molar-refractivity contribution in [3.8, 4) is 0 Å². The number of pyridine rings is 1. The fourth-order valence-electron chi connectivity index (χ4n) is 3.11. The van der Waals surface area contributed by atoms with Crippen molar-refractivity contribution >= 4 is 16.8 Å². The molecular weight excluding hydrogens is 336 g/mol. The average molecular weight is 356 g/mol. The number of rotatable bonds is 6. The van der Waals surface area contributed by atoms with Crippen LogP contribution in [0.2, 0.25) is 0 Å². The first-order valence-electron chi connectivity index (χ1n) is 9.01. The molecule has 0 bridgehead atoms. The van der Waals surface area contributed by atoms with Gasteiger partial charge in [0.2, 0.25) is 0 Å². The molecule has 0 saturated heterocycles. The standard InChI is InChI=1S/C23H20N2O2/c26-23(22-11-6-16-27-22)25(15-14-18-7-2-1-3-8-18)17-20-13-12-19-9-4-5-10-21(19)24-20/h1-13,16H,14-15,17H2. The Bertz CT molecular complexity index is 1030. The van der Waals surface area contributed by atoms with Gasteiger partial charge in [-0.3, -0.25) is 9.78 Å². The van der Waals surface area contributed by atoms with E-state index in [0.29, 0.717) is 18.8 Å². The maximum atomic E-state index is 12.9. The smallest absolute Gasteiger partial charge is 0.289 e. The number of hydrogen-bond acceptors (Lipinski definition) is 3. The third kappa shape index (κ3) is 4.06. The fourth-order valence-corrected chi connectivity index (χ4v) is 3.11. The summed E-state index contributed by atoms with van der Waals surface area (Å²) in [4.78, 5) is 19.4. The van der Waals surface area contributed by atoms with Crippen LogP contribution < -0.4 is 0 Å². The molecule has 2 aromatic heterocycles. The lowest BCUT2D eigenvalue weighted by Gasteiger charge is -2.21. The van der Waals surface area contributed by atoms with E-state index in [2.05, 4.69) is 12.1 Å². The van der Waals surface area contributed by atoms with Gasteiger partial charge >= 0.3 is 0 Å². The summed E-state index contributed by atoms with van der Waals surface area (Å²) in [5, 5.41) is 1.09. The molecular formula is C23H20N2O2. The first-order chi connectivity index (χ1) is 13.3. The molecule has 4 rings (SSSR count). The minimum absolute atomic E-state index is 0.120. The van der Waals surface area contributed by atoms with Crippen LogP contribution in [0.15, 0.2) is 89.5 Å². The number of benzene rings is 2. The highest BCUT2D eigenvalue weighted by Gasteiger charge is 2.19. The summed E-state index contributed by atoms with van der Waals surface area (Å²) < 4.78 is 5.32. The fraction of sp³-hybridized carbons (Fsp3) is 0.130. The number of hydrogen-bond donors (Lipinski definition) is 0. The van der Waals surface area contributed by atoms with E-state index < -0.39 is 0 Å². The Balaban J connectivity index is 1.57. The number of aromatic nitrogens is 1. The minimum Gasteiger partial charge on any atom is -0.459 e. The second-order valence-electron chi connectivity index (χ2n) is 6.43. The van der Waals surface area contributed by atoms with Gasteiger partial charge in [0.15, 0.2) is 5.76 Å². The Morgan fingerprint density at radius 2 is 1.70 bits per heavy atom. The molecule has 0 radical (unpaired) electrons. The Kier molecular flexibility index (Phi) is 4.97. The SMILES string of the molecule is O=C(c1ccco1)N(CCc1ccccc1)Cc1ccc2ccccc2n1. The van der Waals surface area contributed by atoms with Crippen molar-refractivity contribution < 1.29 is 9.21 Å². The molecule has 0 N–H and O–H groups in total. The Morgan fingerprint density at radius 1 is 0.889 bits per heavy atom. The Labute approximate surface area is 158 Å². The molecule has 0 fully saturated rings. The van der Waals surface area contributed by atoms with Crippen LogP contribution in [-0.4, -0.2) is 22.3 Å². The van der Waals surface area contributed by atoms with Gasteiger partial charge in [-0.25, -0.2) is 0 Å². The zero-order valence-electron chi connectivity index (χ0n) is 14.9. The molecule has 4 nitrogen and oxygen atoms in total. The third-order valence-electron chi connectivity index (χ3n) is 4.54. The zero-order chi connectivity index (χ0) is 18.5. The van der Waals surface area contributed by atoms with Gasteiger partial charge in [0, 0.05) is 11.9 Å². The summed E-state index contributed by atoms with van der Waals surface area (Å²) in [6.07, 6.45) is 2.30. The summed E-state index contributed by atoms with van der Waals surface area (Å²) in [5.74, 6) is 0.231. The number of furan rings is 1. The topological polar surface area (TPSA) is 46.3 Å². The van der Waals surface area contributed by atoms with Gasteiger partial charge in [0.1, 0.15) is 0 Å². The molecule has 4 heteroatoms. The second kappa shape index (κ2) is 7.87. The van der Waals surface area contributed by atoms with E-state index in [-0.39, 0.29) is 5.91 Å². The number of nitrogens with zero attached hydrogens (tertiary/aromatic N) is 2. The van der Waals surface area contributed by atoms with E-state index in [9.17, 15) is 4.79 Å². The third-order valence-corrected chi connectivity index (χ3v) is 4.54. The predicted octanol–water partition coefficient (Wildman–Crippen LogP) is 4.71. The summed E-state index contributed by atoms with van der Waals surface area (Å²) >= 11 is 0. The van der Waals surface area contributed by atoms with Crippen molar-refractivity contribution in [2.24, 2.45) is 0 Å². The van der Waals surface area contributed by atoms with E-state index in [0.717, 1.165) is 23.0 Å². The maximum Gasteiger partial charge on any atom is 0.289 e. The van der Waals surface area contributed by atoms with E-state index in [4.69, 9.17) is 9.40 Å². The quantitative estimate of drug-likeness (QED) is 0.502. The van der Waals surface area contributed by atoms with Crippen LogP contribution >= 0.6 is 0 Å².